The largest absolute Gasteiger partial charge is 0.344 e. The molecule has 0 aliphatic carbocycles. The predicted octanol–water partition coefficient (Wildman–Crippen LogP) is 5.34. The third-order valence-corrected chi connectivity index (χ3v) is 27.3. The van der Waals surface area contributed by atoms with E-state index in [9.17, 15) is 71.9 Å². The van der Waals surface area contributed by atoms with Crippen molar-refractivity contribution in [3.05, 3.63) is 229 Å². The van der Waals surface area contributed by atoms with Crippen molar-refractivity contribution < 1.29 is 103 Å². The summed E-state index contributed by atoms with van der Waals surface area (Å²) >= 11 is -0.587. The molecule has 9 saturated heterocycles. The van der Waals surface area contributed by atoms with Gasteiger partial charge in [0.1, 0.15) is 61.2 Å². The molecule has 11 atom stereocenters. The second-order valence-corrected chi connectivity index (χ2v) is 36.9. The maximum Gasteiger partial charge on any atom is 0.264 e. The number of unbranched alkanes of at least 4 members (excludes halogenated alkanes) is 1. The smallest absolute Gasteiger partial charge is 0.264 e. The first-order valence-corrected chi connectivity index (χ1v) is 48.4. The summed E-state index contributed by atoms with van der Waals surface area (Å²) in [7, 11) is 0. The summed E-state index contributed by atoms with van der Waals surface area (Å²) in [5.41, 5.74) is 8.28. The first kappa shape index (κ1) is 99.4. The number of amides is 10. The number of ether oxygens (including phenoxy) is 2. The van der Waals surface area contributed by atoms with Gasteiger partial charge in [-0.1, -0.05) is 147 Å². The van der Waals surface area contributed by atoms with E-state index in [1.807, 2.05) is 162 Å². The minimum absolute atomic E-state index is 0.0254. The van der Waals surface area contributed by atoms with Crippen LogP contribution in [0.3, 0.4) is 0 Å². The van der Waals surface area contributed by atoms with Gasteiger partial charge in [0.25, 0.3) is 17.7 Å². The van der Waals surface area contributed by atoms with E-state index in [-0.39, 0.29) is 83.3 Å². The number of cyclic esters (lactones) is 1. The fourth-order valence-electron chi connectivity index (χ4n) is 17.4. The van der Waals surface area contributed by atoms with Crippen molar-refractivity contribution >= 4 is 87.7 Å². The van der Waals surface area contributed by atoms with E-state index in [4.69, 9.17) is 9.47 Å². The van der Waals surface area contributed by atoms with Gasteiger partial charge in [-0.25, -0.2) is 15.0 Å². The van der Waals surface area contributed by atoms with Crippen molar-refractivity contribution in [2.45, 2.75) is 260 Å². The van der Waals surface area contributed by atoms with Crippen molar-refractivity contribution in [1.82, 2.24) is 72.0 Å². The normalized spacial score (nSPS) is 22.7. The van der Waals surface area contributed by atoms with Crippen LogP contribution < -0.4 is 53.1 Å². The van der Waals surface area contributed by atoms with Crippen LogP contribution in [0.25, 0.3) is 0 Å². The van der Waals surface area contributed by atoms with E-state index in [0.29, 0.717) is 173 Å². The third kappa shape index (κ3) is 28.2. The number of benzene rings is 5. The SMILES string of the molecule is C=C1CCC(NC(=O)CCc2ccccc2)C(=O)N2[C@H](C(=O)N[C@H](C=O)CC=O)CCCN12.C=C1CCC(NC(=O)CCc2ccccc2)C(=O)N2[C@H](C(=O)N[C@H]3CC(=O)OC3OCc3ccccc3)CCCN12.C=C1CCC(NC(=O)CCc2ccccc2)C(=O)N2[C@H](C(=O)[I-]CCCC)CCCN12.C=C1CCC(NC(=O)CCc2ccccc2)C(=O)N2[C@H](C=O)CCCN12. The van der Waals surface area contributed by atoms with E-state index in [0.717, 1.165) is 81.3 Å². The number of rotatable bonds is 32. The summed E-state index contributed by atoms with van der Waals surface area (Å²) in [6, 6.07) is 41.5. The minimum Gasteiger partial charge on any atom is -0.344 e. The second kappa shape index (κ2) is 50.3. The van der Waals surface area contributed by atoms with Gasteiger partial charge in [-0.3, -0.25) is 58.2 Å². The monoisotopic (exact) mass is 1910 g/mol. The zero-order valence-corrected chi connectivity index (χ0v) is 76.9. The van der Waals surface area contributed by atoms with Crippen LogP contribution in [0.2, 0.25) is 0 Å². The summed E-state index contributed by atoms with van der Waals surface area (Å²) in [5, 5.41) is 30.2. The third-order valence-electron chi connectivity index (χ3n) is 24.5. The molecular formula is C99H124IN14O17-. The van der Waals surface area contributed by atoms with E-state index < -0.39 is 106 Å². The Morgan fingerprint density at radius 1 is 0.443 bits per heavy atom. The van der Waals surface area contributed by atoms with E-state index in [1.165, 1.54) is 15.0 Å². The molecule has 14 rings (SSSR count). The Labute approximate surface area is 776 Å². The second-order valence-electron chi connectivity index (χ2n) is 34.0. The maximum atomic E-state index is 13.8. The number of hydrogen-bond donors (Lipinski definition) is 6. The zero-order valence-electron chi connectivity index (χ0n) is 74.8. The number of halogens is 1. The number of fused-ring (bicyclic) bond motifs is 4. The number of esters is 1. The number of nitrogens with one attached hydrogen (secondary N) is 6. The Morgan fingerprint density at radius 3 is 1.15 bits per heavy atom. The van der Waals surface area contributed by atoms with Crippen LogP contribution >= 0.6 is 0 Å². The number of hydrogen-bond acceptors (Lipinski definition) is 21. The van der Waals surface area contributed by atoms with Crippen molar-refractivity contribution in [2.75, 3.05) is 30.6 Å². The number of aldehydes is 3. The van der Waals surface area contributed by atoms with Gasteiger partial charge in [-0.15, -0.1) is 0 Å². The van der Waals surface area contributed by atoms with Crippen LogP contribution in [0.4, 0.5) is 0 Å². The molecule has 700 valence electrons. The Bertz CT molecular complexity index is 4840. The quantitative estimate of drug-likeness (QED) is 0.00790. The molecule has 32 heteroatoms. The molecule has 9 aliphatic rings. The number of nitrogens with zero attached hydrogens (tertiary/aromatic N) is 8. The number of carbonyl (C=O) groups excluding carboxylic acids is 15. The van der Waals surface area contributed by atoms with Crippen LogP contribution in [-0.2, 0) is 114 Å². The molecule has 0 spiro atoms. The molecule has 9 heterocycles. The van der Waals surface area contributed by atoms with E-state index >= 15 is 0 Å². The topological polar surface area (TPSA) is 373 Å². The van der Waals surface area contributed by atoms with Crippen LogP contribution in [-0.4, -0.2) is 225 Å². The van der Waals surface area contributed by atoms with E-state index in [2.05, 4.69) is 65.1 Å². The van der Waals surface area contributed by atoms with Gasteiger partial charge in [-0.2, -0.15) is 0 Å². The molecule has 0 saturated carbocycles. The number of carbonyl (C=O) groups is 15. The molecule has 0 aromatic heterocycles. The minimum atomic E-state index is -0.941. The summed E-state index contributed by atoms with van der Waals surface area (Å²) in [6.07, 6.45) is 15.9. The molecule has 9 fully saturated rings. The number of alkyl halides is 1. The predicted molar refractivity (Wildman–Crippen MR) is 484 cm³/mol. The van der Waals surface area contributed by atoms with Gasteiger partial charge in [0.15, 0.2) is 0 Å². The Kier molecular flexibility index (Phi) is 38.1. The fourth-order valence-corrected chi connectivity index (χ4v) is 20.1. The van der Waals surface area contributed by atoms with Crippen LogP contribution in [0.1, 0.15) is 189 Å². The average molecular weight is 1910 g/mol. The Hall–Kier alpha value is -12.2. The molecule has 6 N–H and O–H groups in total. The van der Waals surface area contributed by atoms with Crippen molar-refractivity contribution in [2.24, 2.45) is 0 Å². The van der Waals surface area contributed by atoms with Gasteiger partial charge in [0.05, 0.1) is 19.1 Å². The summed E-state index contributed by atoms with van der Waals surface area (Å²) in [4.78, 5) is 189. The van der Waals surface area contributed by atoms with Gasteiger partial charge in [-0.05, 0) is 119 Å². The van der Waals surface area contributed by atoms with Gasteiger partial charge in [0.2, 0.25) is 35.8 Å². The maximum absolute atomic E-state index is 13.8. The molecule has 131 heavy (non-hydrogen) atoms. The number of aryl methyl sites for hydroxylation is 4. The van der Waals surface area contributed by atoms with Gasteiger partial charge in [0, 0.05) is 62.4 Å². The molecule has 5 aromatic carbocycles. The fraction of sp³-hybridized carbons (Fsp3) is 0.465. The summed E-state index contributed by atoms with van der Waals surface area (Å²) < 4.78 is 12.4. The molecule has 5 aromatic rings. The Morgan fingerprint density at radius 2 is 0.786 bits per heavy atom. The van der Waals surface area contributed by atoms with Gasteiger partial charge < -0.3 is 50.4 Å². The van der Waals surface area contributed by atoms with Crippen LogP contribution in [0.5, 0.6) is 0 Å². The molecule has 10 amide bonds. The van der Waals surface area contributed by atoms with Crippen LogP contribution in [0.15, 0.2) is 201 Å². The average Bonchev–Trinajstić information content (AvgIpc) is 1.74. The molecule has 9 aliphatic heterocycles. The number of hydrazine groups is 4. The molecular weight excluding hydrogens is 1780 g/mol. The first-order chi connectivity index (χ1) is 63.4. The zero-order chi connectivity index (χ0) is 93.3. The van der Waals surface area contributed by atoms with E-state index in [1.54, 1.807) is 15.0 Å². The number of allylic oxidation sites excluding steroid dienone is 4. The molecule has 0 bridgehead atoms. The van der Waals surface area contributed by atoms with Crippen molar-refractivity contribution in [3.63, 3.8) is 0 Å². The van der Waals surface area contributed by atoms with Crippen molar-refractivity contribution in [3.8, 4) is 0 Å². The Balaban J connectivity index is 0.000000171. The van der Waals surface area contributed by atoms with Crippen molar-refractivity contribution in [1.29, 1.82) is 0 Å². The molecule has 0 radical (unpaired) electrons. The first-order valence-electron chi connectivity index (χ1n) is 45.8. The standard InChI is InChI=1S/C31H36N4O6.C24H33IN3O3.C24H30N4O5.C20H25N3O3/c1-21-14-16-24(32-27(36)17-15-22-9-4-2-5-10-22)30(39)35-26(13-8-18-34(21)35)29(38)33-25-19-28(37)41-31(25)40-20-23-11-6-3-7-12-23;1-3-4-16-25-23(30)21-11-8-17-27-18(2)12-14-20(24(31)28(21)27)26-22(29)15-13-19-9-6-5-7-10-19;1-17-9-11-20(26-22(31)12-10-18-6-3-2-4-7-18)24(33)28-21(8-5-14-27(17)28)23(32)25-19(16-30)13-15-29;1-15-9-11-18(20(26)23-17(14-24)8-5-13-22(15)23)21-19(25)12-10-16-6-3-2-4-7-16/h2-7,9-12,24-26,31H,1,8,13-20H2,(H,32,36)(H,33,38);5-7,9-10,20-21H,2-4,8,11-17H2,1H3,(H,26,29);2-4,6-7,15-16,19-21H,1,5,8-14H2,(H,25,32)(H,26,31);2-4,6-7,14,17-18H,1,5,8-13H2,(H,21,25)/q;-1;;/t24?,25-,26-,31?;20?,21-;19-,20?,21-;17-,18?/m0000/s1. The summed E-state index contributed by atoms with van der Waals surface area (Å²) in [6.45, 7) is 21.3. The summed E-state index contributed by atoms with van der Waals surface area (Å²) in [5.74, 6) is -3.19. The van der Waals surface area contributed by atoms with Crippen LogP contribution in [0, 0.1) is 0 Å². The molecule has 5 unspecified atom stereocenters. The van der Waals surface area contributed by atoms with Gasteiger partial charge >= 0.3 is 196 Å². The molecule has 31 nitrogen and oxygen atoms in total.